The van der Waals surface area contributed by atoms with Crippen molar-refractivity contribution < 1.29 is 13.2 Å². The molecular weight excluding hydrogens is 360 g/mol. The van der Waals surface area contributed by atoms with Gasteiger partial charge in [0.25, 0.3) is 0 Å². The predicted molar refractivity (Wildman–Crippen MR) is 110 cm³/mol. The Kier molecular flexibility index (Phi) is 4.60. The number of nitrogens with one attached hydrogen (secondary N) is 1. The topological polar surface area (TPSA) is 60.3 Å². The molecule has 1 aromatic heterocycles. The van der Waals surface area contributed by atoms with Crippen molar-refractivity contribution in [3.8, 4) is 17.0 Å². The lowest BCUT2D eigenvalue weighted by molar-refractivity contribution is 0.323. The molecule has 1 aliphatic carbocycles. The number of aromatic nitrogens is 1. The van der Waals surface area contributed by atoms with Gasteiger partial charge in [0, 0.05) is 28.9 Å². The van der Waals surface area contributed by atoms with Crippen molar-refractivity contribution in [2.75, 3.05) is 17.6 Å². The van der Waals surface area contributed by atoms with E-state index in [1.807, 2.05) is 37.3 Å². The van der Waals surface area contributed by atoms with Gasteiger partial charge in [0.15, 0.2) is 0 Å². The highest BCUT2D eigenvalue weighted by Crippen LogP contribution is 2.41. The molecule has 4 rings (SSSR count). The van der Waals surface area contributed by atoms with Gasteiger partial charge in [0.1, 0.15) is 5.75 Å². The molecule has 6 heteroatoms. The lowest BCUT2D eigenvalue weighted by Crippen LogP contribution is -2.17. The summed E-state index contributed by atoms with van der Waals surface area (Å²) in [4.78, 5) is 0. The average Bonchev–Trinajstić information content (AvgIpc) is 2.92. The van der Waals surface area contributed by atoms with Crippen LogP contribution in [0.4, 0.5) is 5.69 Å². The van der Waals surface area contributed by atoms with Gasteiger partial charge in [0.05, 0.1) is 18.4 Å². The van der Waals surface area contributed by atoms with E-state index >= 15 is 0 Å². The SMILES string of the molecule is CCOc1ccc2cc(-c3ccc(NS(C)(=O)=O)cc3)n(C3CCC3)c2c1. The maximum atomic E-state index is 11.4. The highest BCUT2D eigenvalue weighted by atomic mass is 32.2. The number of nitrogens with zero attached hydrogens (tertiary/aromatic N) is 1. The van der Waals surface area contributed by atoms with Crippen molar-refractivity contribution >= 4 is 26.6 Å². The Balaban J connectivity index is 1.78. The van der Waals surface area contributed by atoms with Gasteiger partial charge in [-0.3, -0.25) is 4.72 Å². The van der Waals surface area contributed by atoms with Crippen LogP contribution in [0.2, 0.25) is 0 Å². The Morgan fingerprint density at radius 2 is 1.85 bits per heavy atom. The number of anilines is 1. The van der Waals surface area contributed by atoms with Crippen LogP contribution >= 0.6 is 0 Å². The van der Waals surface area contributed by atoms with Crippen molar-refractivity contribution in [3.63, 3.8) is 0 Å². The first-order valence-electron chi connectivity index (χ1n) is 9.30. The summed E-state index contributed by atoms with van der Waals surface area (Å²) in [6.45, 7) is 2.64. The van der Waals surface area contributed by atoms with E-state index in [0.29, 0.717) is 18.3 Å². The first-order chi connectivity index (χ1) is 12.9. The van der Waals surface area contributed by atoms with E-state index in [4.69, 9.17) is 4.74 Å². The van der Waals surface area contributed by atoms with Crippen LogP contribution in [-0.2, 0) is 10.0 Å². The molecule has 1 N–H and O–H groups in total. The van der Waals surface area contributed by atoms with E-state index in [-0.39, 0.29) is 0 Å². The molecule has 0 radical (unpaired) electrons. The molecule has 1 fully saturated rings. The van der Waals surface area contributed by atoms with E-state index in [2.05, 4.69) is 27.5 Å². The zero-order valence-electron chi connectivity index (χ0n) is 15.6. The Hall–Kier alpha value is -2.47. The average molecular weight is 385 g/mol. The van der Waals surface area contributed by atoms with E-state index < -0.39 is 10.0 Å². The van der Waals surface area contributed by atoms with Gasteiger partial charge in [-0.1, -0.05) is 12.1 Å². The van der Waals surface area contributed by atoms with Crippen LogP contribution in [-0.4, -0.2) is 25.8 Å². The molecule has 1 heterocycles. The predicted octanol–water partition coefficient (Wildman–Crippen LogP) is 4.80. The minimum atomic E-state index is -3.27. The molecule has 0 unspecified atom stereocenters. The lowest BCUT2D eigenvalue weighted by Gasteiger charge is -2.30. The maximum Gasteiger partial charge on any atom is 0.229 e. The fourth-order valence-corrected chi connectivity index (χ4v) is 4.21. The smallest absolute Gasteiger partial charge is 0.229 e. The van der Waals surface area contributed by atoms with Gasteiger partial charge in [-0.25, -0.2) is 8.42 Å². The summed E-state index contributed by atoms with van der Waals surface area (Å²) in [5.41, 5.74) is 4.01. The van der Waals surface area contributed by atoms with Gasteiger partial charge in [-0.2, -0.15) is 0 Å². The fraction of sp³-hybridized carbons (Fsp3) is 0.333. The van der Waals surface area contributed by atoms with Crippen LogP contribution in [0, 0.1) is 0 Å². The molecule has 3 aromatic rings. The van der Waals surface area contributed by atoms with E-state index in [1.165, 1.54) is 30.2 Å². The molecule has 0 saturated heterocycles. The molecule has 0 spiro atoms. The summed E-state index contributed by atoms with van der Waals surface area (Å²) in [6.07, 6.45) is 4.78. The monoisotopic (exact) mass is 384 g/mol. The minimum Gasteiger partial charge on any atom is -0.494 e. The third-order valence-corrected chi connectivity index (χ3v) is 5.65. The second kappa shape index (κ2) is 6.93. The summed E-state index contributed by atoms with van der Waals surface area (Å²) >= 11 is 0. The number of rotatable bonds is 6. The summed E-state index contributed by atoms with van der Waals surface area (Å²) in [6, 6.07) is 16.5. The standard InChI is InChI=1S/C21H24N2O3S/c1-3-26-19-12-9-16-13-20(23(21(16)14-19)18-5-4-6-18)15-7-10-17(11-8-15)22-27(2,24)25/h7-14,18,22H,3-6H2,1-2H3. The number of sulfonamides is 1. The van der Waals surface area contributed by atoms with Crippen LogP contribution in [0.25, 0.3) is 22.2 Å². The number of hydrogen-bond donors (Lipinski definition) is 1. The molecule has 1 aliphatic rings. The highest BCUT2D eigenvalue weighted by Gasteiger charge is 2.24. The van der Waals surface area contributed by atoms with Crippen molar-refractivity contribution in [1.82, 2.24) is 4.57 Å². The van der Waals surface area contributed by atoms with Crippen LogP contribution < -0.4 is 9.46 Å². The molecule has 5 nitrogen and oxygen atoms in total. The first kappa shape index (κ1) is 17.9. The quantitative estimate of drug-likeness (QED) is 0.664. The Labute approximate surface area is 160 Å². The zero-order valence-corrected chi connectivity index (χ0v) is 16.4. The lowest BCUT2D eigenvalue weighted by atomic mass is 9.92. The summed E-state index contributed by atoms with van der Waals surface area (Å²) in [5.74, 6) is 0.892. The number of fused-ring (bicyclic) bond motifs is 1. The van der Waals surface area contributed by atoms with Gasteiger partial charge in [-0.05, 0) is 62.1 Å². The van der Waals surface area contributed by atoms with Crippen molar-refractivity contribution in [2.24, 2.45) is 0 Å². The first-order valence-corrected chi connectivity index (χ1v) is 11.2. The number of ether oxygens (including phenoxy) is 1. The summed E-state index contributed by atoms with van der Waals surface area (Å²) < 4.78 is 33.5. The second-order valence-corrected chi connectivity index (χ2v) is 8.84. The van der Waals surface area contributed by atoms with E-state index in [0.717, 1.165) is 23.3 Å². The van der Waals surface area contributed by atoms with E-state index in [1.54, 1.807) is 0 Å². The Morgan fingerprint density at radius 1 is 1.11 bits per heavy atom. The second-order valence-electron chi connectivity index (χ2n) is 7.09. The molecule has 1 saturated carbocycles. The van der Waals surface area contributed by atoms with Crippen molar-refractivity contribution in [1.29, 1.82) is 0 Å². The molecular formula is C21H24N2O3S. The Bertz CT molecular complexity index is 1060. The molecule has 0 amide bonds. The molecule has 2 aromatic carbocycles. The zero-order chi connectivity index (χ0) is 19.0. The van der Waals surface area contributed by atoms with Gasteiger partial charge < -0.3 is 9.30 Å². The third-order valence-electron chi connectivity index (χ3n) is 5.05. The fourth-order valence-electron chi connectivity index (χ4n) is 3.64. The van der Waals surface area contributed by atoms with Crippen LogP contribution in [0.15, 0.2) is 48.5 Å². The van der Waals surface area contributed by atoms with E-state index in [9.17, 15) is 8.42 Å². The Morgan fingerprint density at radius 3 is 2.44 bits per heavy atom. The van der Waals surface area contributed by atoms with Crippen LogP contribution in [0.5, 0.6) is 5.75 Å². The maximum absolute atomic E-state index is 11.4. The number of benzene rings is 2. The largest absolute Gasteiger partial charge is 0.494 e. The molecule has 0 bridgehead atoms. The van der Waals surface area contributed by atoms with Crippen LogP contribution in [0.1, 0.15) is 32.2 Å². The summed E-state index contributed by atoms with van der Waals surface area (Å²) in [5, 5.41) is 1.19. The molecule has 27 heavy (non-hydrogen) atoms. The van der Waals surface area contributed by atoms with Crippen molar-refractivity contribution in [2.45, 2.75) is 32.2 Å². The van der Waals surface area contributed by atoms with Gasteiger partial charge in [-0.15, -0.1) is 0 Å². The summed E-state index contributed by atoms with van der Waals surface area (Å²) in [7, 11) is -3.27. The number of hydrogen-bond acceptors (Lipinski definition) is 3. The third kappa shape index (κ3) is 3.67. The normalized spacial score (nSPS) is 14.9. The minimum absolute atomic E-state index is 0.503. The van der Waals surface area contributed by atoms with Crippen LogP contribution in [0.3, 0.4) is 0 Å². The van der Waals surface area contributed by atoms with Gasteiger partial charge in [0.2, 0.25) is 10.0 Å². The van der Waals surface area contributed by atoms with Crippen molar-refractivity contribution in [3.05, 3.63) is 48.5 Å². The highest BCUT2D eigenvalue weighted by molar-refractivity contribution is 7.92. The molecule has 0 aliphatic heterocycles. The molecule has 142 valence electrons. The molecule has 0 atom stereocenters. The van der Waals surface area contributed by atoms with Gasteiger partial charge >= 0.3 is 0 Å².